The van der Waals surface area contributed by atoms with E-state index < -0.39 is 27.2 Å². The molecule has 0 bridgehead atoms. The first-order chi connectivity index (χ1) is 15.1. The minimum atomic E-state index is -3.86. The average Bonchev–Trinajstić information content (AvgIpc) is 3.05. The van der Waals surface area contributed by atoms with Gasteiger partial charge in [-0.3, -0.25) is 9.59 Å². The fourth-order valence-corrected chi connectivity index (χ4v) is 3.94. The van der Waals surface area contributed by atoms with E-state index in [1.54, 1.807) is 19.2 Å². The number of aromatic amines is 1. The van der Waals surface area contributed by atoms with E-state index in [4.69, 9.17) is 16.7 Å². The molecule has 2 aromatic heterocycles. The van der Waals surface area contributed by atoms with Crippen LogP contribution in [-0.4, -0.2) is 28.4 Å². The highest BCUT2D eigenvalue weighted by molar-refractivity contribution is 7.89. The van der Waals surface area contributed by atoms with Crippen molar-refractivity contribution in [2.24, 2.45) is 12.2 Å². The number of carbonyl (C=O) groups is 1. The van der Waals surface area contributed by atoms with Crippen molar-refractivity contribution in [1.82, 2.24) is 14.1 Å². The number of benzene rings is 2. The van der Waals surface area contributed by atoms with E-state index >= 15 is 0 Å². The normalized spacial score (nSPS) is 11.6. The van der Waals surface area contributed by atoms with E-state index in [0.29, 0.717) is 16.4 Å². The van der Waals surface area contributed by atoms with E-state index in [9.17, 15) is 22.8 Å². The third-order valence-corrected chi connectivity index (χ3v) is 5.97. The van der Waals surface area contributed by atoms with Crippen LogP contribution in [-0.2, 0) is 17.1 Å². The minimum Gasteiger partial charge on any atom is -0.344 e. The van der Waals surface area contributed by atoms with Gasteiger partial charge in [-0.25, -0.2) is 22.9 Å². The molecule has 10 nitrogen and oxygen atoms in total. The molecule has 12 heteroatoms. The van der Waals surface area contributed by atoms with E-state index in [2.05, 4.69) is 10.3 Å². The van der Waals surface area contributed by atoms with Crippen LogP contribution < -0.4 is 21.7 Å². The number of hydrogen-bond donors (Lipinski definition) is 3. The van der Waals surface area contributed by atoms with Crippen LogP contribution in [0.1, 0.15) is 10.4 Å². The fourth-order valence-electron chi connectivity index (χ4n) is 3.30. The molecule has 4 N–H and O–H groups in total. The summed E-state index contributed by atoms with van der Waals surface area (Å²) >= 11 is 5.88. The first-order valence-corrected chi connectivity index (χ1v) is 11.0. The van der Waals surface area contributed by atoms with Gasteiger partial charge in [-0.15, -0.1) is 0 Å². The SMILES string of the molecule is Cn1cc(C(=O)Nc2ccc(S(N)(=O)=O)cc2)c2[nH]c(=O)n(-c3ccc(Cl)cc3)c(=O)c21. The Morgan fingerprint density at radius 2 is 1.69 bits per heavy atom. The predicted molar refractivity (Wildman–Crippen MR) is 120 cm³/mol. The number of primary sulfonamides is 1. The van der Waals surface area contributed by atoms with Crippen LogP contribution in [0.15, 0.2) is 69.2 Å². The molecular weight excluding hydrogens is 458 g/mol. The maximum absolute atomic E-state index is 13.1. The molecule has 4 aromatic rings. The number of nitrogens with zero attached hydrogens (tertiary/aromatic N) is 2. The highest BCUT2D eigenvalue weighted by Gasteiger charge is 2.20. The first kappa shape index (κ1) is 21.6. The van der Waals surface area contributed by atoms with Crippen LogP contribution >= 0.6 is 11.6 Å². The molecular formula is C20H16ClN5O5S. The van der Waals surface area contributed by atoms with Gasteiger partial charge in [0.1, 0.15) is 5.52 Å². The third kappa shape index (κ3) is 3.84. The van der Waals surface area contributed by atoms with Crippen LogP contribution in [0.25, 0.3) is 16.7 Å². The molecule has 32 heavy (non-hydrogen) atoms. The smallest absolute Gasteiger partial charge is 0.333 e. The largest absolute Gasteiger partial charge is 0.344 e. The Kier molecular flexibility index (Phi) is 5.25. The summed E-state index contributed by atoms with van der Waals surface area (Å²) in [5, 5.41) is 8.12. The lowest BCUT2D eigenvalue weighted by molar-refractivity contribution is 0.102. The van der Waals surface area contributed by atoms with Gasteiger partial charge in [0, 0.05) is 24.0 Å². The first-order valence-electron chi connectivity index (χ1n) is 9.11. The number of aryl methyl sites for hydroxylation is 1. The zero-order chi connectivity index (χ0) is 23.2. The standard InChI is InChI=1S/C20H16ClN5O5S/c1-25-10-15(18(27)23-12-4-8-14(9-5-12)32(22,30)31)16-17(25)19(28)26(20(29)24-16)13-6-2-11(21)3-7-13/h2-10H,1H3,(H,23,27)(H,24,29)(H2,22,30,31). The van der Waals surface area contributed by atoms with Gasteiger partial charge in [0.25, 0.3) is 11.5 Å². The summed E-state index contributed by atoms with van der Waals surface area (Å²) in [7, 11) is -2.29. The molecule has 0 aliphatic carbocycles. The summed E-state index contributed by atoms with van der Waals surface area (Å²) in [6.45, 7) is 0. The molecule has 0 fully saturated rings. The predicted octanol–water partition coefficient (Wildman–Crippen LogP) is 1.57. The lowest BCUT2D eigenvalue weighted by Gasteiger charge is -2.07. The number of carbonyl (C=O) groups excluding carboxylic acids is 1. The van der Waals surface area contributed by atoms with Crippen LogP contribution in [0.3, 0.4) is 0 Å². The molecule has 0 radical (unpaired) electrons. The minimum absolute atomic E-state index is 0.0653. The summed E-state index contributed by atoms with van der Waals surface area (Å²) in [5.41, 5.74) is -0.440. The highest BCUT2D eigenvalue weighted by Crippen LogP contribution is 2.19. The number of sulfonamides is 1. The molecule has 2 heterocycles. The molecule has 0 saturated carbocycles. The number of anilines is 1. The highest BCUT2D eigenvalue weighted by atomic mass is 35.5. The maximum atomic E-state index is 13.1. The van der Waals surface area contributed by atoms with Gasteiger partial charge in [0.05, 0.1) is 21.7 Å². The maximum Gasteiger partial charge on any atom is 0.333 e. The lowest BCUT2D eigenvalue weighted by atomic mass is 10.2. The number of rotatable bonds is 4. The molecule has 2 aromatic carbocycles. The van der Waals surface area contributed by atoms with Crippen molar-refractivity contribution in [3.8, 4) is 5.69 Å². The van der Waals surface area contributed by atoms with Gasteiger partial charge < -0.3 is 14.9 Å². The summed E-state index contributed by atoms with van der Waals surface area (Å²) < 4.78 is 25.1. The van der Waals surface area contributed by atoms with Gasteiger partial charge >= 0.3 is 5.69 Å². The number of aromatic nitrogens is 3. The van der Waals surface area contributed by atoms with E-state index in [1.165, 1.54) is 47.2 Å². The summed E-state index contributed by atoms with van der Waals surface area (Å²) in [5.74, 6) is -0.599. The summed E-state index contributed by atoms with van der Waals surface area (Å²) in [6, 6.07) is 11.4. The molecule has 1 amide bonds. The quantitative estimate of drug-likeness (QED) is 0.411. The van der Waals surface area contributed by atoms with Crippen molar-refractivity contribution >= 4 is 44.3 Å². The molecule has 164 valence electrons. The molecule has 4 rings (SSSR count). The number of fused-ring (bicyclic) bond motifs is 1. The van der Waals surface area contributed by atoms with Crippen molar-refractivity contribution in [2.45, 2.75) is 4.90 Å². The van der Waals surface area contributed by atoms with Gasteiger partial charge in [-0.2, -0.15) is 0 Å². The van der Waals surface area contributed by atoms with Crippen LogP contribution in [0.4, 0.5) is 5.69 Å². The fraction of sp³-hybridized carbons (Fsp3) is 0.0500. The number of H-pyrrole nitrogens is 1. The number of nitrogens with one attached hydrogen (secondary N) is 2. The van der Waals surface area contributed by atoms with Crippen molar-refractivity contribution in [3.05, 3.63) is 86.2 Å². The summed E-state index contributed by atoms with van der Waals surface area (Å²) in [6.07, 6.45) is 1.42. The average molecular weight is 474 g/mol. The molecule has 0 aliphatic rings. The zero-order valence-corrected chi connectivity index (χ0v) is 18.1. The molecule has 0 aliphatic heterocycles. The third-order valence-electron chi connectivity index (χ3n) is 4.79. The van der Waals surface area contributed by atoms with Gasteiger partial charge in [-0.1, -0.05) is 11.6 Å². The van der Waals surface area contributed by atoms with Crippen LogP contribution in [0.2, 0.25) is 5.02 Å². The molecule has 0 spiro atoms. The molecule has 0 unspecified atom stereocenters. The van der Waals surface area contributed by atoms with Crippen molar-refractivity contribution in [3.63, 3.8) is 0 Å². The van der Waals surface area contributed by atoms with E-state index in [1.807, 2.05) is 0 Å². The van der Waals surface area contributed by atoms with Crippen molar-refractivity contribution < 1.29 is 13.2 Å². The van der Waals surface area contributed by atoms with E-state index in [0.717, 1.165) is 4.57 Å². The Bertz CT molecular complexity index is 1580. The molecule has 0 atom stereocenters. The Balaban J connectivity index is 1.76. The van der Waals surface area contributed by atoms with Crippen LogP contribution in [0.5, 0.6) is 0 Å². The van der Waals surface area contributed by atoms with Gasteiger partial charge in [-0.05, 0) is 48.5 Å². The van der Waals surface area contributed by atoms with Crippen LogP contribution in [0, 0.1) is 0 Å². The van der Waals surface area contributed by atoms with Gasteiger partial charge in [0.2, 0.25) is 10.0 Å². The second-order valence-electron chi connectivity index (χ2n) is 6.95. The number of halogens is 1. The van der Waals surface area contributed by atoms with Crippen molar-refractivity contribution in [2.75, 3.05) is 5.32 Å². The Labute approximate surface area is 185 Å². The lowest BCUT2D eigenvalue weighted by Crippen LogP contribution is -2.34. The van der Waals surface area contributed by atoms with Gasteiger partial charge in [0.15, 0.2) is 0 Å². The second kappa shape index (κ2) is 7.79. The Morgan fingerprint density at radius 1 is 1.06 bits per heavy atom. The zero-order valence-electron chi connectivity index (χ0n) is 16.5. The number of nitrogens with two attached hydrogens (primary N) is 1. The number of amides is 1. The Morgan fingerprint density at radius 3 is 2.28 bits per heavy atom. The summed E-state index contributed by atoms with van der Waals surface area (Å²) in [4.78, 5) is 41.1. The topological polar surface area (TPSA) is 149 Å². The Hall–Kier alpha value is -3.67. The van der Waals surface area contributed by atoms with E-state index in [-0.39, 0.29) is 21.5 Å². The second-order valence-corrected chi connectivity index (χ2v) is 8.95. The van der Waals surface area contributed by atoms with Crippen molar-refractivity contribution in [1.29, 1.82) is 0 Å². The molecule has 0 saturated heterocycles. The number of hydrogen-bond acceptors (Lipinski definition) is 5. The monoisotopic (exact) mass is 473 g/mol.